The van der Waals surface area contributed by atoms with Gasteiger partial charge < -0.3 is 4.84 Å². The van der Waals surface area contributed by atoms with E-state index in [2.05, 4.69) is 0 Å². The van der Waals surface area contributed by atoms with Crippen molar-refractivity contribution in [3.05, 3.63) is 35.4 Å². The van der Waals surface area contributed by atoms with Gasteiger partial charge in [-0.05, 0) is 30.2 Å². The molecular weight excluding hydrogens is 286 g/mol. The first-order valence-corrected chi connectivity index (χ1v) is 6.25. The van der Waals surface area contributed by atoms with Gasteiger partial charge in [0.25, 0.3) is 11.8 Å². The molecular formula is C13H10ClNO5. The van der Waals surface area contributed by atoms with Gasteiger partial charge in [-0.1, -0.05) is 17.2 Å². The molecule has 0 unspecified atom stereocenters. The van der Waals surface area contributed by atoms with Crippen molar-refractivity contribution in [1.29, 1.82) is 0 Å². The van der Waals surface area contributed by atoms with Crippen molar-refractivity contribution in [2.75, 3.05) is 0 Å². The summed E-state index contributed by atoms with van der Waals surface area (Å²) < 4.78 is 0. The van der Waals surface area contributed by atoms with Crippen molar-refractivity contribution in [3.8, 4) is 0 Å². The van der Waals surface area contributed by atoms with Crippen LogP contribution in [0.25, 0.3) is 0 Å². The summed E-state index contributed by atoms with van der Waals surface area (Å²) in [4.78, 5) is 50.5. The summed E-state index contributed by atoms with van der Waals surface area (Å²) in [6, 6.07) is 6.19. The van der Waals surface area contributed by atoms with Crippen LogP contribution in [0.1, 0.15) is 40.0 Å². The van der Waals surface area contributed by atoms with E-state index in [9.17, 15) is 19.2 Å². The molecule has 0 radical (unpaired) electrons. The number of hydrogen-bond acceptors (Lipinski definition) is 5. The highest BCUT2D eigenvalue weighted by Gasteiger charge is 2.38. The zero-order chi connectivity index (χ0) is 14.7. The largest absolute Gasteiger partial charge is 0.333 e. The summed E-state index contributed by atoms with van der Waals surface area (Å²) in [5.74, 6) is -2.11. The van der Waals surface area contributed by atoms with Gasteiger partial charge in [0, 0.05) is 12.8 Å². The Bertz CT molecular complexity index is 563. The zero-order valence-corrected chi connectivity index (χ0v) is 11.1. The molecule has 0 fully saturated rings. The van der Waals surface area contributed by atoms with Crippen molar-refractivity contribution in [2.45, 2.75) is 19.3 Å². The molecule has 0 saturated carbocycles. The van der Waals surface area contributed by atoms with Crippen LogP contribution >= 0.6 is 11.6 Å². The second kappa shape index (κ2) is 5.83. The Morgan fingerprint density at radius 3 is 2.10 bits per heavy atom. The molecule has 0 aliphatic carbocycles. The minimum absolute atomic E-state index is 0.0266. The third-order valence-corrected chi connectivity index (χ3v) is 2.89. The first kappa shape index (κ1) is 14.2. The van der Waals surface area contributed by atoms with Crippen molar-refractivity contribution >= 4 is 34.6 Å². The number of hydroxylamine groups is 2. The zero-order valence-electron chi connectivity index (χ0n) is 10.3. The average molecular weight is 296 g/mol. The van der Waals surface area contributed by atoms with Crippen molar-refractivity contribution < 1.29 is 24.0 Å². The highest BCUT2D eigenvalue weighted by atomic mass is 35.5. The molecule has 2 rings (SSSR count). The maximum absolute atomic E-state index is 11.9. The van der Waals surface area contributed by atoms with Gasteiger partial charge in [0.05, 0.1) is 11.1 Å². The van der Waals surface area contributed by atoms with E-state index in [-0.39, 0.29) is 30.4 Å². The number of hydrogen-bond donors (Lipinski definition) is 0. The van der Waals surface area contributed by atoms with Crippen LogP contribution in [-0.4, -0.2) is 28.1 Å². The van der Waals surface area contributed by atoms with Gasteiger partial charge in [0.15, 0.2) is 0 Å². The Morgan fingerprint density at radius 2 is 1.60 bits per heavy atom. The maximum atomic E-state index is 11.9. The summed E-state index contributed by atoms with van der Waals surface area (Å²) in [5.41, 5.74) is 0.391. The van der Waals surface area contributed by atoms with Gasteiger partial charge in [-0.2, -0.15) is 0 Å². The van der Waals surface area contributed by atoms with E-state index in [0.717, 1.165) is 0 Å². The Hall–Kier alpha value is -2.21. The lowest BCUT2D eigenvalue weighted by atomic mass is 10.1. The van der Waals surface area contributed by atoms with Gasteiger partial charge in [0.2, 0.25) is 5.24 Å². The minimum Gasteiger partial charge on any atom is -0.330 e. The van der Waals surface area contributed by atoms with Crippen LogP contribution in [-0.2, 0) is 14.4 Å². The van der Waals surface area contributed by atoms with E-state index in [1.54, 1.807) is 12.1 Å². The van der Waals surface area contributed by atoms with Crippen LogP contribution in [0.5, 0.6) is 0 Å². The summed E-state index contributed by atoms with van der Waals surface area (Å²) in [6.07, 6.45) is 0.120. The van der Waals surface area contributed by atoms with Crippen molar-refractivity contribution in [3.63, 3.8) is 0 Å². The molecule has 1 aliphatic rings. The lowest BCUT2D eigenvalue weighted by Gasteiger charge is -2.12. The van der Waals surface area contributed by atoms with Crippen molar-refractivity contribution in [1.82, 2.24) is 5.06 Å². The molecule has 0 aromatic heterocycles. The van der Waals surface area contributed by atoms with Gasteiger partial charge in [0.1, 0.15) is 0 Å². The number of fused-ring (bicyclic) bond motifs is 1. The SMILES string of the molecule is O=C(Cl)CCCC(=O)ON1C(=O)c2ccccc2C1=O. The molecule has 104 valence electrons. The molecule has 0 bridgehead atoms. The Balaban J connectivity index is 1.98. The van der Waals surface area contributed by atoms with E-state index in [1.165, 1.54) is 12.1 Å². The fourth-order valence-electron chi connectivity index (χ4n) is 1.77. The maximum Gasteiger partial charge on any atom is 0.333 e. The number of imide groups is 1. The Labute approximate surface area is 119 Å². The highest BCUT2D eigenvalue weighted by Crippen LogP contribution is 2.22. The molecule has 0 N–H and O–H groups in total. The van der Waals surface area contributed by atoms with E-state index < -0.39 is 23.0 Å². The summed E-state index contributed by atoms with van der Waals surface area (Å²) in [6.45, 7) is 0. The molecule has 20 heavy (non-hydrogen) atoms. The van der Waals surface area contributed by atoms with Crippen LogP contribution < -0.4 is 0 Å². The van der Waals surface area contributed by atoms with Crippen molar-refractivity contribution in [2.24, 2.45) is 0 Å². The topological polar surface area (TPSA) is 80.8 Å². The average Bonchev–Trinajstić information content (AvgIpc) is 2.64. The van der Waals surface area contributed by atoms with Crippen LogP contribution in [0.4, 0.5) is 0 Å². The summed E-state index contributed by atoms with van der Waals surface area (Å²) in [7, 11) is 0. The fraction of sp³-hybridized carbons (Fsp3) is 0.231. The predicted molar refractivity (Wildman–Crippen MR) is 67.7 cm³/mol. The fourth-order valence-corrected chi connectivity index (χ4v) is 1.90. The number of amides is 2. The number of carbonyl (C=O) groups is 4. The monoisotopic (exact) mass is 295 g/mol. The first-order valence-electron chi connectivity index (χ1n) is 5.87. The van der Waals surface area contributed by atoms with Gasteiger partial charge in [-0.15, -0.1) is 0 Å². The molecule has 0 spiro atoms. The molecule has 7 heteroatoms. The molecule has 1 aliphatic heterocycles. The molecule has 2 amide bonds. The first-order chi connectivity index (χ1) is 9.50. The molecule has 0 saturated heterocycles. The standard InChI is InChI=1S/C13H10ClNO5/c14-10(16)6-3-7-11(17)20-15-12(18)8-4-1-2-5-9(8)13(15)19/h1-2,4-5H,3,6-7H2. The quantitative estimate of drug-likeness (QED) is 0.610. The summed E-state index contributed by atoms with van der Waals surface area (Å²) >= 11 is 5.13. The van der Waals surface area contributed by atoms with E-state index in [4.69, 9.17) is 16.4 Å². The van der Waals surface area contributed by atoms with E-state index in [1.807, 2.05) is 0 Å². The third kappa shape index (κ3) is 2.85. The summed E-state index contributed by atoms with van der Waals surface area (Å²) in [5, 5.41) is -0.117. The highest BCUT2D eigenvalue weighted by molar-refractivity contribution is 6.63. The Kier molecular flexibility index (Phi) is 4.14. The third-order valence-electron chi connectivity index (χ3n) is 2.70. The van der Waals surface area contributed by atoms with Crippen LogP contribution in [0.3, 0.4) is 0 Å². The second-order valence-electron chi connectivity index (χ2n) is 4.12. The number of rotatable bonds is 5. The normalized spacial score (nSPS) is 13.3. The lowest BCUT2D eigenvalue weighted by molar-refractivity contribution is -0.168. The number of benzene rings is 1. The number of nitrogens with zero attached hydrogens (tertiary/aromatic N) is 1. The van der Waals surface area contributed by atoms with Crippen LogP contribution in [0, 0.1) is 0 Å². The van der Waals surface area contributed by atoms with Crippen LogP contribution in [0.2, 0.25) is 0 Å². The number of halogens is 1. The van der Waals surface area contributed by atoms with E-state index >= 15 is 0 Å². The molecule has 1 heterocycles. The van der Waals surface area contributed by atoms with Crippen LogP contribution in [0.15, 0.2) is 24.3 Å². The Morgan fingerprint density at radius 1 is 1.05 bits per heavy atom. The molecule has 6 nitrogen and oxygen atoms in total. The lowest BCUT2D eigenvalue weighted by Crippen LogP contribution is -2.32. The smallest absolute Gasteiger partial charge is 0.330 e. The molecule has 0 atom stereocenters. The number of carbonyl (C=O) groups excluding carboxylic acids is 4. The molecule has 1 aromatic carbocycles. The van der Waals surface area contributed by atoms with E-state index in [0.29, 0.717) is 5.06 Å². The van der Waals surface area contributed by atoms with Gasteiger partial charge in [-0.25, -0.2) is 4.79 Å². The van der Waals surface area contributed by atoms with Gasteiger partial charge in [-0.3, -0.25) is 14.4 Å². The molecule has 1 aromatic rings. The minimum atomic E-state index is -0.766. The predicted octanol–water partition coefficient (Wildman–Crippen LogP) is 1.68. The van der Waals surface area contributed by atoms with Gasteiger partial charge >= 0.3 is 5.97 Å². The second-order valence-corrected chi connectivity index (χ2v) is 4.54.